The molecule has 6 rings (SSSR count). The Bertz CT molecular complexity index is 1050. The van der Waals surface area contributed by atoms with E-state index in [1.807, 2.05) is 0 Å². The lowest BCUT2D eigenvalue weighted by molar-refractivity contribution is 0.322. The van der Waals surface area contributed by atoms with E-state index < -0.39 is 41.1 Å². The summed E-state index contributed by atoms with van der Waals surface area (Å²) in [6, 6.07) is 4.06. The molecule has 47 heavy (non-hydrogen) atoms. The van der Waals surface area contributed by atoms with Gasteiger partial charge in [0.2, 0.25) is 0 Å². The van der Waals surface area contributed by atoms with Crippen LogP contribution in [0.25, 0.3) is 0 Å². The van der Waals surface area contributed by atoms with Crippen molar-refractivity contribution in [3.8, 4) is 0 Å². The smallest absolute Gasteiger partial charge is 0.320 e. The average molecular weight is 756 g/mol. The number of hydrogen-bond donors (Lipinski definition) is 2. The van der Waals surface area contributed by atoms with Crippen LogP contribution in [0.4, 0.5) is 0 Å². The van der Waals surface area contributed by atoms with Crippen molar-refractivity contribution in [2.24, 2.45) is 53.3 Å². The molecule has 6 aliphatic rings. The second kappa shape index (κ2) is 16.0. The first kappa shape index (κ1) is 40.2. The van der Waals surface area contributed by atoms with Crippen LogP contribution in [0.1, 0.15) is 57.8 Å². The van der Waals surface area contributed by atoms with Crippen LogP contribution >= 0.6 is 11.1 Å². The SMILES string of the molecule is C[Si](C)(CCC1CC2C=CC1C2)O[Si](C)(C)CCC1CC2C=CC1C2.C[Si](C)(Cl)CCC1CC2C=CC1C2.C[Si](C)(O)O[Si](C)(C)O. The summed E-state index contributed by atoms with van der Waals surface area (Å²) in [7, 11) is -9.27. The van der Waals surface area contributed by atoms with E-state index in [4.69, 9.17) is 28.9 Å². The van der Waals surface area contributed by atoms with Crippen LogP contribution in [-0.2, 0) is 8.23 Å². The van der Waals surface area contributed by atoms with Crippen LogP contribution in [0.5, 0.6) is 0 Å². The van der Waals surface area contributed by atoms with E-state index in [1.165, 1.54) is 75.9 Å². The number of hydrogen-bond acceptors (Lipinski definition) is 4. The van der Waals surface area contributed by atoms with Crippen molar-refractivity contribution in [2.45, 2.75) is 141 Å². The molecule has 0 saturated heterocycles. The molecule has 0 amide bonds. The second-order valence-electron chi connectivity index (χ2n) is 19.1. The molecule has 10 heteroatoms. The molecule has 3 fully saturated rings. The maximum absolute atomic E-state index is 9.14. The molecule has 2 N–H and O–H groups in total. The summed E-state index contributed by atoms with van der Waals surface area (Å²) in [6.45, 7) is 21.0. The van der Waals surface area contributed by atoms with Crippen LogP contribution < -0.4 is 0 Å². The molecule has 4 nitrogen and oxygen atoms in total. The lowest BCUT2D eigenvalue weighted by Gasteiger charge is -2.36. The highest BCUT2D eigenvalue weighted by Crippen LogP contribution is 2.48. The van der Waals surface area contributed by atoms with Gasteiger partial charge in [0.1, 0.15) is 0 Å². The van der Waals surface area contributed by atoms with E-state index in [9.17, 15) is 0 Å². The standard InChI is InChI=1S/C22H38OSi2.C11H19ClSi.C4H14O3Si2/c1-24(2,11-9-21-15-17-5-7-19(21)13-17)23-25(3,4)12-10-22-16-18-6-8-20(22)14-18;1-13(2,12)6-5-11-8-9-3-4-10(11)7-9;1-8(2,5)7-9(3,4)6/h5-8,17-22H,9-16H2,1-4H3;3-4,9-11H,5-8H2,1-2H3;5-6H,1-4H3. The normalized spacial score (nSPS) is 33.8. The van der Waals surface area contributed by atoms with Crippen molar-refractivity contribution in [2.75, 3.05) is 0 Å². The van der Waals surface area contributed by atoms with Gasteiger partial charge in [0, 0.05) is 0 Å². The van der Waals surface area contributed by atoms with Gasteiger partial charge in [0.25, 0.3) is 0 Å². The Morgan fingerprint density at radius 3 is 1.02 bits per heavy atom. The maximum atomic E-state index is 9.14. The highest BCUT2D eigenvalue weighted by molar-refractivity contribution is 7.19. The number of halogens is 1. The fourth-order valence-corrected chi connectivity index (χ4v) is 24.9. The van der Waals surface area contributed by atoms with Crippen molar-refractivity contribution in [1.82, 2.24) is 0 Å². The zero-order valence-corrected chi connectivity index (χ0v) is 37.5. The fraction of sp³-hybridized carbons (Fsp3) is 0.838. The molecular weight excluding hydrogens is 684 g/mol. The molecule has 0 heterocycles. The van der Waals surface area contributed by atoms with Gasteiger partial charge in [-0.1, -0.05) is 68.8 Å². The van der Waals surface area contributed by atoms with Crippen LogP contribution in [0.2, 0.25) is 83.6 Å². The Balaban J connectivity index is 0.000000190. The van der Waals surface area contributed by atoms with E-state index in [0.717, 1.165) is 53.3 Å². The van der Waals surface area contributed by atoms with Crippen LogP contribution in [0, 0.1) is 53.3 Å². The third-order valence-corrected chi connectivity index (χ3v) is 25.1. The molecule has 9 unspecified atom stereocenters. The second-order valence-corrected chi connectivity index (χ2v) is 41.5. The van der Waals surface area contributed by atoms with Gasteiger partial charge in [0.15, 0.2) is 24.0 Å². The van der Waals surface area contributed by atoms with Crippen LogP contribution in [0.15, 0.2) is 36.5 Å². The van der Waals surface area contributed by atoms with E-state index in [2.05, 4.69) is 75.7 Å². The number of rotatable bonds is 13. The van der Waals surface area contributed by atoms with Gasteiger partial charge < -0.3 is 17.8 Å². The van der Waals surface area contributed by atoms with E-state index >= 15 is 0 Å². The fourth-order valence-electron chi connectivity index (χ4n) is 9.74. The minimum Gasteiger partial charge on any atom is -0.455 e. The van der Waals surface area contributed by atoms with E-state index in [0.29, 0.717) is 0 Å². The summed E-state index contributed by atoms with van der Waals surface area (Å²) in [5, 5.41) is 0. The monoisotopic (exact) mass is 754 g/mol. The molecule has 0 aromatic rings. The van der Waals surface area contributed by atoms with Crippen molar-refractivity contribution < 1.29 is 17.8 Å². The summed E-state index contributed by atoms with van der Waals surface area (Å²) in [4.78, 5) is 18.3. The van der Waals surface area contributed by atoms with Gasteiger partial charge in [-0.2, -0.15) is 11.1 Å². The van der Waals surface area contributed by atoms with Gasteiger partial charge in [-0.15, -0.1) is 0 Å². The Labute approximate surface area is 299 Å². The number of allylic oxidation sites excluding steroid dienone is 6. The van der Waals surface area contributed by atoms with Crippen molar-refractivity contribution in [3.63, 3.8) is 0 Å². The molecule has 0 aliphatic heterocycles. The zero-order valence-electron chi connectivity index (χ0n) is 31.7. The lowest BCUT2D eigenvalue weighted by atomic mass is 9.91. The Morgan fingerprint density at radius 2 is 0.809 bits per heavy atom. The van der Waals surface area contributed by atoms with Crippen molar-refractivity contribution in [1.29, 1.82) is 0 Å². The molecule has 6 aliphatic carbocycles. The first-order valence-electron chi connectivity index (χ1n) is 19.1. The minimum absolute atomic E-state index is 0.908. The van der Waals surface area contributed by atoms with Gasteiger partial charge >= 0.3 is 17.1 Å². The summed E-state index contributed by atoms with van der Waals surface area (Å²) in [5.41, 5.74) is 0. The largest absolute Gasteiger partial charge is 0.455 e. The Kier molecular flexibility index (Phi) is 13.7. The van der Waals surface area contributed by atoms with Gasteiger partial charge in [-0.3, -0.25) is 0 Å². The van der Waals surface area contributed by atoms with Crippen LogP contribution in [0.3, 0.4) is 0 Å². The summed E-state index contributed by atoms with van der Waals surface area (Å²) in [6.07, 6.45) is 27.8. The topological polar surface area (TPSA) is 58.9 Å². The maximum Gasteiger partial charge on any atom is 0.320 e. The molecular formula is C37H71ClO4Si5. The quantitative estimate of drug-likeness (QED) is 0.112. The highest BCUT2D eigenvalue weighted by Gasteiger charge is 2.41. The Morgan fingerprint density at radius 1 is 0.489 bits per heavy atom. The zero-order chi connectivity index (χ0) is 34.8. The van der Waals surface area contributed by atoms with Crippen molar-refractivity contribution >= 4 is 52.2 Å². The van der Waals surface area contributed by atoms with Gasteiger partial charge in [-0.25, -0.2) is 0 Å². The Hall–Kier alpha value is 0.434. The molecule has 0 aromatic carbocycles. The third-order valence-electron chi connectivity index (χ3n) is 11.6. The van der Waals surface area contributed by atoms with E-state index in [-0.39, 0.29) is 0 Å². The lowest BCUT2D eigenvalue weighted by Crippen LogP contribution is -2.44. The molecule has 6 bridgehead atoms. The molecule has 9 atom stereocenters. The summed E-state index contributed by atoms with van der Waals surface area (Å²) < 4.78 is 12.0. The molecule has 270 valence electrons. The number of fused-ring (bicyclic) bond motifs is 6. The van der Waals surface area contributed by atoms with E-state index in [1.54, 1.807) is 26.2 Å². The summed E-state index contributed by atoms with van der Waals surface area (Å²) >= 11 is 6.33. The van der Waals surface area contributed by atoms with Gasteiger partial charge in [0.05, 0.1) is 0 Å². The minimum atomic E-state index is -2.48. The summed E-state index contributed by atoms with van der Waals surface area (Å²) in [5.74, 6) is 8.40. The van der Waals surface area contributed by atoms with Crippen LogP contribution in [-0.4, -0.2) is 50.7 Å². The molecule has 3 saturated carbocycles. The molecule has 0 radical (unpaired) electrons. The predicted molar refractivity (Wildman–Crippen MR) is 215 cm³/mol. The average Bonchev–Trinajstić information content (AvgIpc) is 3.76. The molecule has 0 aromatic heterocycles. The third kappa shape index (κ3) is 13.8. The predicted octanol–water partition coefficient (Wildman–Crippen LogP) is 11.0. The molecule has 0 spiro atoms. The highest BCUT2D eigenvalue weighted by atomic mass is 35.6. The first-order valence-corrected chi connectivity index (χ1v) is 35.3. The first-order chi connectivity index (χ1) is 21.5. The van der Waals surface area contributed by atoms with Gasteiger partial charge in [-0.05, 0) is 162 Å². The van der Waals surface area contributed by atoms with Crippen molar-refractivity contribution in [3.05, 3.63) is 36.5 Å².